The van der Waals surface area contributed by atoms with E-state index in [1.54, 1.807) is 0 Å². The number of aromatic amines is 1. The molecule has 3 rings (SSSR count). The van der Waals surface area contributed by atoms with Crippen molar-refractivity contribution in [3.05, 3.63) is 23.0 Å². The number of nitrogens with two attached hydrogens (primary N) is 1. The van der Waals surface area contributed by atoms with Crippen LogP contribution in [0.15, 0.2) is 6.07 Å². The number of rotatable bonds is 1. The molecule has 8 nitrogen and oxygen atoms in total. The minimum Gasteiger partial charge on any atom is -0.381 e. The maximum absolute atomic E-state index is 8.85. The Morgan fingerprint density at radius 1 is 1.42 bits per heavy atom. The van der Waals surface area contributed by atoms with Gasteiger partial charge in [-0.15, -0.1) is 5.10 Å². The van der Waals surface area contributed by atoms with Crippen molar-refractivity contribution in [2.24, 2.45) is 0 Å². The van der Waals surface area contributed by atoms with E-state index in [1.165, 1.54) is 4.68 Å². The van der Waals surface area contributed by atoms with Gasteiger partial charge in [-0.25, -0.2) is 4.98 Å². The molecule has 0 unspecified atom stereocenters. The van der Waals surface area contributed by atoms with Crippen molar-refractivity contribution in [3.8, 4) is 11.9 Å². The average Bonchev–Trinajstić information content (AvgIpc) is 2.92. The third kappa shape index (κ3) is 1.52. The van der Waals surface area contributed by atoms with Crippen LogP contribution in [-0.4, -0.2) is 30.2 Å². The summed E-state index contributed by atoms with van der Waals surface area (Å²) in [4.78, 5) is 4.35. The Morgan fingerprint density at radius 2 is 2.21 bits per heavy atom. The SMILES string of the molecule is Cc1cc(C)c2c(-n3nnc(C#N)c3N)n[nH]c2n1. The van der Waals surface area contributed by atoms with E-state index in [4.69, 9.17) is 11.0 Å². The number of H-pyrrole nitrogens is 1. The van der Waals surface area contributed by atoms with E-state index >= 15 is 0 Å². The fourth-order valence-electron chi connectivity index (χ4n) is 2.04. The van der Waals surface area contributed by atoms with Gasteiger partial charge in [0.25, 0.3) is 0 Å². The molecule has 0 aliphatic rings. The third-order valence-corrected chi connectivity index (χ3v) is 2.85. The van der Waals surface area contributed by atoms with Crippen molar-refractivity contribution in [2.45, 2.75) is 13.8 Å². The van der Waals surface area contributed by atoms with Crippen molar-refractivity contribution in [2.75, 3.05) is 5.73 Å². The number of nitriles is 1. The van der Waals surface area contributed by atoms with Crippen molar-refractivity contribution in [3.63, 3.8) is 0 Å². The number of aryl methyl sites for hydroxylation is 2. The zero-order valence-electron chi connectivity index (χ0n) is 10.3. The molecular weight excluding hydrogens is 244 g/mol. The van der Waals surface area contributed by atoms with Gasteiger partial charge in [0.05, 0.1) is 5.39 Å². The Hall–Kier alpha value is -2.95. The van der Waals surface area contributed by atoms with Crippen LogP contribution < -0.4 is 5.73 Å². The first-order chi connectivity index (χ1) is 9.11. The molecule has 0 radical (unpaired) electrons. The number of anilines is 1. The predicted molar refractivity (Wildman–Crippen MR) is 67.4 cm³/mol. The highest BCUT2D eigenvalue weighted by Gasteiger charge is 2.17. The molecule has 0 aliphatic heterocycles. The molecule has 3 N–H and O–H groups in total. The van der Waals surface area contributed by atoms with E-state index in [1.807, 2.05) is 26.0 Å². The maximum atomic E-state index is 8.85. The van der Waals surface area contributed by atoms with Crippen LogP contribution in [0.5, 0.6) is 0 Å². The van der Waals surface area contributed by atoms with Gasteiger partial charge in [-0.2, -0.15) is 15.0 Å². The van der Waals surface area contributed by atoms with Crippen LogP contribution in [0.3, 0.4) is 0 Å². The summed E-state index contributed by atoms with van der Waals surface area (Å²) >= 11 is 0. The van der Waals surface area contributed by atoms with Gasteiger partial charge in [-0.1, -0.05) is 5.21 Å². The number of nitrogen functional groups attached to an aromatic ring is 1. The Labute approximate surface area is 107 Å². The molecule has 0 fully saturated rings. The van der Waals surface area contributed by atoms with Crippen LogP contribution in [0, 0.1) is 25.2 Å². The molecule has 0 atom stereocenters. The molecule has 0 aromatic carbocycles. The molecule has 8 heteroatoms. The summed E-state index contributed by atoms with van der Waals surface area (Å²) in [6, 6.07) is 3.82. The number of fused-ring (bicyclic) bond motifs is 1. The van der Waals surface area contributed by atoms with Crippen molar-refractivity contribution in [1.82, 2.24) is 30.2 Å². The van der Waals surface area contributed by atoms with E-state index < -0.39 is 0 Å². The molecule has 0 spiro atoms. The van der Waals surface area contributed by atoms with Crippen LogP contribution in [0.4, 0.5) is 5.82 Å². The topological polar surface area (TPSA) is 122 Å². The smallest absolute Gasteiger partial charge is 0.206 e. The van der Waals surface area contributed by atoms with Crippen LogP contribution >= 0.6 is 0 Å². The molecule has 0 bridgehead atoms. The van der Waals surface area contributed by atoms with Crippen LogP contribution in [-0.2, 0) is 0 Å². The highest BCUT2D eigenvalue weighted by atomic mass is 15.5. The Kier molecular flexibility index (Phi) is 2.22. The standard InChI is InChI=1S/C11H10N8/c1-5-3-6(2)14-10-8(5)11(17-16-10)19-9(13)7(4-12)15-18-19/h3H,13H2,1-2H3,(H,14,16,17). The van der Waals surface area contributed by atoms with Crippen molar-refractivity contribution in [1.29, 1.82) is 5.26 Å². The normalized spacial score (nSPS) is 10.8. The summed E-state index contributed by atoms with van der Waals surface area (Å²) in [5.41, 5.74) is 8.44. The number of nitrogens with zero attached hydrogens (tertiary/aromatic N) is 6. The largest absolute Gasteiger partial charge is 0.381 e. The first-order valence-corrected chi connectivity index (χ1v) is 5.55. The van der Waals surface area contributed by atoms with Gasteiger partial charge in [0.15, 0.2) is 17.3 Å². The molecule has 3 heterocycles. The molecule has 3 aromatic heterocycles. The fraction of sp³-hybridized carbons (Fsp3) is 0.182. The van der Waals surface area contributed by atoms with Gasteiger partial charge in [0, 0.05) is 5.69 Å². The van der Waals surface area contributed by atoms with E-state index in [9.17, 15) is 0 Å². The molecule has 0 aliphatic carbocycles. The lowest BCUT2D eigenvalue weighted by molar-refractivity contribution is 0.785. The highest BCUT2D eigenvalue weighted by molar-refractivity contribution is 5.86. The first-order valence-electron chi connectivity index (χ1n) is 5.55. The molecular formula is C11H10N8. The van der Waals surface area contributed by atoms with E-state index in [2.05, 4.69) is 25.5 Å². The van der Waals surface area contributed by atoms with Gasteiger partial charge in [-0.3, -0.25) is 5.10 Å². The van der Waals surface area contributed by atoms with E-state index in [0.717, 1.165) is 16.6 Å². The van der Waals surface area contributed by atoms with Crippen molar-refractivity contribution < 1.29 is 0 Å². The average molecular weight is 254 g/mol. The molecule has 0 saturated heterocycles. The maximum Gasteiger partial charge on any atom is 0.206 e. The monoisotopic (exact) mass is 254 g/mol. The van der Waals surface area contributed by atoms with Gasteiger partial charge < -0.3 is 5.73 Å². The summed E-state index contributed by atoms with van der Waals surface area (Å²) in [6.45, 7) is 3.86. The Bertz CT molecular complexity index is 819. The van der Waals surface area contributed by atoms with Crippen LogP contribution in [0.25, 0.3) is 16.9 Å². The van der Waals surface area contributed by atoms with Crippen LogP contribution in [0.2, 0.25) is 0 Å². The number of aromatic nitrogens is 6. The number of pyridine rings is 1. The lowest BCUT2D eigenvalue weighted by Gasteiger charge is -2.01. The molecule has 0 saturated carbocycles. The fourth-order valence-corrected chi connectivity index (χ4v) is 2.04. The Morgan fingerprint density at radius 3 is 2.89 bits per heavy atom. The second kappa shape index (κ2) is 3.78. The van der Waals surface area contributed by atoms with Gasteiger partial charge >= 0.3 is 0 Å². The minimum atomic E-state index is 0.0777. The zero-order chi connectivity index (χ0) is 13.6. The van der Waals surface area contributed by atoms with E-state index in [-0.39, 0.29) is 11.5 Å². The molecule has 94 valence electrons. The first kappa shape index (κ1) is 11.2. The quantitative estimate of drug-likeness (QED) is 0.656. The van der Waals surface area contributed by atoms with Gasteiger partial charge in [0.1, 0.15) is 6.07 Å². The zero-order valence-corrected chi connectivity index (χ0v) is 10.3. The van der Waals surface area contributed by atoms with Crippen molar-refractivity contribution >= 4 is 16.9 Å². The lowest BCUT2D eigenvalue weighted by Crippen LogP contribution is -2.04. The predicted octanol–water partition coefficient (Wildman–Crippen LogP) is 0.609. The Balaban J connectivity index is 2.32. The number of hydrogen-bond donors (Lipinski definition) is 2. The minimum absolute atomic E-state index is 0.0777. The second-order valence-corrected chi connectivity index (χ2v) is 4.20. The molecule has 19 heavy (non-hydrogen) atoms. The molecule has 3 aromatic rings. The molecule has 0 amide bonds. The third-order valence-electron chi connectivity index (χ3n) is 2.85. The summed E-state index contributed by atoms with van der Waals surface area (Å²) in [7, 11) is 0. The number of hydrogen-bond acceptors (Lipinski definition) is 6. The van der Waals surface area contributed by atoms with Crippen LogP contribution in [0.1, 0.15) is 17.0 Å². The number of nitrogens with one attached hydrogen (secondary N) is 1. The van der Waals surface area contributed by atoms with Gasteiger partial charge in [-0.05, 0) is 25.5 Å². The second-order valence-electron chi connectivity index (χ2n) is 4.20. The summed E-state index contributed by atoms with van der Waals surface area (Å²) in [5, 5.41) is 24.2. The summed E-state index contributed by atoms with van der Waals surface area (Å²) in [6.07, 6.45) is 0. The summed E-state index contributed by atoms with van der Waals surface area (Å²) in [5.74, 6) is 0.655. The lowest BCUT2D eigenvalue weighted by atomic mass is 10.2. The highest BCUT2D eigenvalue weighted by Crippen LogP contribution is 2.24. The summed E-state index contributed by atoms with van der Waals surface area (Å²) < 4.78 is 1.33. The van der Waals surface area contributed by atoms with Gasteiger partial charge in [0.2, 0.25) is 5.69 Å². The van der Waals surface area contributed by atoms with E-state index in [0.29, 0.717) is 11.5 Å².